The van der Waals surface area contributed by atoms with Gasteiger partial charge >= 0.3 is 0 Å². The molecule has 0 amide bonds. The topological polar surface area (TPSA) is 89.3 Å². The Morgan fingerprint density at radius 3 is 2.50 bits per heavy atom. The molecule has 0 bridgehead atoms. The van der Waals surface area contributed by atoms with E-state index >= 15 is 0 Å². The highest BCUT2D eigenvalue weighted by molar-refractivity contribution is 7.88. The summed E-state index contributed by atoms with van der Waals surface area (Å²) in [6, 6.07) is 13.8. The van der Waals surface area contributed by atoms with Gasteiger partial charge in [-0.05, 0) is 30.9 Å². The Bertz CT molecular complexity index is 819. The molecule has 0 spiro atoms. The quantitative estimate of drug-likeness (QED) is 0.451. The first-order valence-corrected chi connectivity index (χ1v) is 9.27. The molecule has 0 unspecified atom stereocenters. The number of aryl methyl sites for hydroxylation is 2. The van der Waals surface area contributed by atoms with Crippen LogP contribution in [0.3, 0.4) is 0 Å². The van der Waals surface area contributed by atoms with E-state index in [1.165, 1.54) is 29.3 Å². The number of sulfonamides is 1. The van der Waals surface area contributed by atoms with Crippen molar-refractivity contribution in [2.45, 2.75) is 25.5 Å². The number of nitro groups is 1. The number of non-ortho nitro benzene ring substituents is 1. The molecule has 6 nitrogen and oxygen atoms in total. The summed E-state index contributed by atoms with van der Waals surface area (Å²) in [5, 5.41) is 10.7. The second kappa shape index (κ2) is 8.03. The van der Waals surface area contributed by atoms with Crippen molar-refractivity contribution in [2.24, 2.45) is 0 Å². The lowest BCUT2D eigenvalue weighted by Gasteiger charge is -2.07. The average molecular weight is 348 g/mol. The molecular weight excluding hydrogens is 328 g/mol. The van der Waals surface area contributed by atoms with Crippen molar-refractivity contribution in [3.8, 4) is 0 Å². The van der Waals surface area contributed by atoms with E-state index in [1.807, 2.05) is 25.1 Å². The standard InChI is InChI=1S/C17H20N2O4S/c1-14-5-2-6-15(11-14)8-4-10-18-24(22,23)13-16-7-3-9-17(12-16)19(20)21/h2-3,5-7,9,11-12,18H,4,8,10,13H2,1H3. The Kier molecular flexibility index (Phi) is 6.05. The van der Waals surface area contributed by atoms with E-state index in [9.17, 15) is 18.5 Å². The predicted octanol–water partition coefficient (Wildman–Crippen LogP) is 2.96. The smallest absolute Gasteiger partial charge is 0.258 e. The Labute approximate surface area is 141 Å². The number of hydrogen-bond donors (Lipinski definition) is 1. The van der Waals surface area contributed by atoms with Crippen LogP contribution in [0.15, 0.2) is 48.5 Å². The van der Waals surface area contributed by atoms with Crippen molar-refractivity contribution in [3.63, 3.8) is 0 Å². The maximum Gasteiger partial charge on any atom is 0.269 e. The van der Waals surface area contributed by atoms with Gasteiger partial charge in [0.2, 0.25) is 10.0 Å². The predicted molar refractivity (Wildman–Crippen MR) is 93.2 cm³/mol. The van der Waals surface area contributed by atoms with Crippen molar-refractivity contribution in [1.82, 2.24) is 4.72 Å². The number of rotatable bonds is 8. The highest BCUT2D eigenvalue weighted by Gasteiger charge is 2.13. The molecule has 24 heavy (non-hydrogen) atoms. The molecule has 0 saturated carbocycles. The SMILES string of the molecule is Cc1cccc(CCCNS(=O)(=O)Cc2cccc([N+](=O)[O-])c2)c1. The molecule has 0 saturated heterocycles. The van der Waals surface area contributed by atoms with Crippen molar-refractivity contribution < 1.29 is 13.3 Å². The summed E-state index contributed by atoms with van der Waals surface area (Å²) in [6.45, 7) is 2.36. The minimum Gasteiger partial charge on any atom is -0.258 e. The number of nitrogens with zero attached hydrogens (tertiary/aromatic N) is 1. The van der Waals surface area contributed by atoms with Gasteiger partial charge in [0.15, 0.2) is 0 Å². The first-order chi connectivity index (χ1) is 11.4. The molecule has 0 aliphatic carbocycles. The van der Waals surface area contributed by atoms with E-state index in [1.54, 1.807) is 6.07 Å². The lowest BCUT2D eigenvalue weighted by Crippen LogP contribution is -2.26. The van der Waals surface area contributed by atoms with E-state index < -0.39 is 14.9 Å². The Morgan fingerprint density at radius 2 is 1.79 bits per heavy atom. The van der Waals surface area contributed by atoms with Crippen LogP contribution < -0.4 is 4.72 Å². The van der Waals surface area contributed by atoms with Gasteiger partial charge in [0.05, 0.1) is 10.7 Å². The molecule has 0 fully saturated rings. The van der Waals surface area contributed by atoms with Crippen LogP contribution in [0.5, 0.6) is 0 Å². The molecule has 7 heteroatoms. The lowest BCUT2D eigenvalue weighted by atomic mass is 10.1. The molecule has 0 aliphatic rings. The van der Waals surface area contributed by atoms with E-state index in [0.29, 0.717) is 18.5 Å². The molecule has 0 radical (unpaired) electrons. The van der Waals surface area contributed by atoms with Gasteiger partial charge in [-0.25, -0.2) is 13.1 Å². The van der Waals surface area contributed by atoms with E-state index in [4.69, 9.17) is 0 Å². The molecular formula is C17H20N2O4S. The fourth-order valence-electron chi connectivity index (χ4n) is 2.42. The fourth-order valence-corrected chi connectivity index (χ4v) is 3.59. The summed E-state index contributed by atoms with van der Waals surface area (Å²) in [6.07, 6.45) is 1.48. The largest absolute Gasteiger partial charge is 0.269 e. The van der Waals surface area contributed by atoms with Gasteiger partial charge in [-0.2, -0.15) is 0 Å². The van der Waals surface area contributed by atoms with Crippen LogP contribution in [0.2, 0.25) is 0 Å². The van der Waals surface area contributed by atoms with Gasteiger partial charge in [0.25, 0.3) is 5.69 Å². The van der Waals surface area contributed by atoms with E-state index in [0.717, 1.165) is 6.42 Å². The highest BCUT2D eigenvalue weighted by atomic mass is 32.2. The monoisotopic (exact) mass is 348 g/mol. The molecule has 2 aromatic carbocycles. The molecule has 0 aliphatic heterocycles. The third-order valence-corrected chi connectivity index (χ3v) is 4.88. The maximum atomic E-state index is 12.1. The van der Waals surface area contributed by atoms with Crippen molar-refractivity contribution >= 4 is 15.7 Å². The minimum absolute atomic E-state index is 0.109. The molecule has 1 N–H and O–H groups in total. The van der Waals surface area contributed by atoms with E-state index in [2.05, 4.69) is 10.8 Å². The summed E-state index contributed by atoms with van der Waals surface area (Å²) >= 11 is 0. The third kappa shape index (κ3) is 5.75. The van der Waals surface area contributed by atoms with Gasteiger partial charge in [-0.3, -0.25) is 10.1 Å². The van der Waals surface area contributed by atoms with Crippen LogP contribution in [0.1, 0.15) is 23.1 Å². The number of nitro benzene ring substituents is 1. The van der Waals surface area contributed by atoms with Crippen LogP contribution in [-0.2, 0) is 22.2 Å². The highest BCUT2D eigenvalue weighted by Crippen LogP contribution is 2.15. The van der Waals surface area contributed by atoms with Gasteiger partial charge in [-0.1, -0.05) is 42.0 Å². The maximum absolute atomic E-state index is 12.1. The van der Waals surface area contributed by atoms with Crippen LogP contribution >= 0.6 is 0 Å². The second-order valence-electron chi connectivity index (χ2n) is 5.67. The second-order valence-corrected chi connectivity index (χ2v) is 7.48. The summed E-state index contributed by atoms with van der Waals surface area (Å²) in [5.41, 5.74) is 2.64. The summed E-state index contributed by atoms with van der Waals surface area (Å²) in [5.74, 6) is -0.265. The third-order valence-electron chi connectivity index (χ3n) is 3.52. The van der Waals surface area contributed by atoms with E-state index in [-0.39, 0.29) is 11.4 Å². The van der Waals surface area contributed by atoms with Crippen molar-refractivity contribution in [2.75, 3.05) is 6.54 Å². The molecule has 0 heterocycles. The van der Waals surface area contributed by atoms with Crippen LogP contribution in [0.4, 0.5) is 5.69 Å². The lowest BCUT2D eigenvalue weighted by molar-refractivity contribution is -0.384. The van der Waals surface area contributed by atoms with Gasteiger partial charge in [0, 0.05) is 18.7 Å². The Hall–Kier alpha value is -2.25. The minimum atomic E-state index is -3.51. The van der Waals surface area contributed by atoms with Crippen molar-refractivity contribution in [3.05, 3.63) is 75.3 Å². The molecule has 128 valence electrons. The molecule has 2 rings (SSSR count). The van der Waals surface area contributed by atoms with Crippen LogP contribution in [0.25, 0.3) is 0 Å². The number of hydrogen-bond acceptors (Lipinski definition) is 4. The summed E-state index contributed by atoms with van der Waals surface area (Å²) < 4.78 is 26.7. The fraction of sp³-hybridized carbons (Fsp3) is 0.294. The van der Waals surface area contributed by atoms with Crippen molar-refractivity contribution in [1.29, 1.82) is 0 Å². The van der Waals surface area contributed by atoms with Gasteiger partial charge in [-0.15, -0.1) is 0 Å². The molecule has 0 atom stereocenters. The normalized spacial score (nSPS) is 11.4. The van der Waals surface area contributed by atoms with Crippen LogP contribution in [-0.4, -0.2) is 19.9 Å². The molecule has 0 aromatic heterocycles. The van der Waals surface area contributed by atoms with Crippen LogP contribution in [0, 0.1) is 17.0 Å². The first-order valence-electron chi connectivity index (χ1n) is 7.62. The summed E-state index contributed by atoms with van der Waals surface area (Å²) in [4.78, 5) is 10.2. The zero-order chi connectivity index (χ0) is 17.6. The number of nitrogens with one attached hydrogen (secondary N) is 1. The zero-order valence-electron chi connectivity index (χ0n) is 13.4. The molecule has 2 aromatic rings. The number of benzene rings is 2. The van der Waals surface area contributed by atoms with Gasteiger partial charge < -0.3 is 0 Å². The average Bonchev–Trinajstić information content (AvgIpc) is 2.51. The summed E-state index contributed by atoms with van der Waals surface area (Å²) in [7, 11) is -3.51. The first kappa shape index (κ1) is 18.1. The Balaban J connectivity index is 1.85. The van der Waals surface area contributed by atoms with Gasteiger partial charge in [0.1, 0.15) is 0 Å². The zero-order valence-corrected chi connectivity index (χ0v) is 14.3. The Morgan fingerprint density at radius 1 is 1.08 bits per heavy atom.